The highest BCUT2D eigenvalue weighted by atomic mass is 19.1. The van der Waals surface area contributed by atoms with E-state index in [1.54, 1.807) is 26.4 Å². The van der Waals surface area contributed by atoms with Crippen molar-refractivity contribution in [2.24, 2.45) is 0 Å². The molecule has 0 radical (unpaired) electrons. The number of carbonyl (C=O) groups is 1. The maximum Gasteiger partial charge on any atom is 0.234 e. The van der Waals surface area contributed by atoms with E-state index >= 15 is 0 Å². The number of carbonyl (C=O) groups excluding carboxylic acids is 1. The van der Waals surface area contributed by atoms with Crippen molar-refractivity contribution in [1.29, 1.82) is 0 Å². The average molecular weight is 372 g/mol. The third-order valence-corrected chi connectivity index (χ3v) is 4.65. The largest absolute Gasteiger partial charge is 0.493 e. The van der Waals surface area contributed by atoms with Gasteiger partial charge in [-0.25, -0.2) is 4.39 Å². The quantitative estimate of drug-likeness (QED) is 0.735. The number of amides is 1. The molecule has 0 spiro atoms. The number of nitrogens with zero attached hydrogens (tertiary/aromatic N) is 1. The first-order chi connectivity index (χ1) is 13.1. The lowest BCUT2D eigenvalue weighted by Gasteiger charge is -2.21. The summed E-state index contributed by atoms with van der Waals surface area (Å²) in [7, 11) is 3.18. The second-order valence-corrected chi connectivity index (χ2v) is 6.73. The topological polar surface area (TPSA) is 50.8 Å². The molecular formula is C21H25FN2O3. The first-order valence-corrected chi connectivity index (χ1v) is 9.05. The molecule has 1 fully saturated rings. The third-order valence-electron chi connectivity index (χ3n) is 4.65. The lowest BCUT2D eigenvalue weighted by Crippen LogP contribution is -2.37. The Morgan fingerprint density at radius 2 is 1.74 bits per heavy atom. The van der Waals surface area contributed by atoms with Gasteiger partial charge in [0.1, 0.15) is 5.82 Å². The van der Waals surface area contributed by atoms with Crippen LogP contribution in [0.25, 0.3) is 0 Å². The lowest BCUT2D eigenvalue weighted by atomic mass is 10.2. The van der Waals surface area contributed by atoms with Crippen molar-refractivity contribution >= 4 is 5.91 Å². The van der Waals surface area contributed by atoms with Gasteiger partial charge in [-0.2, -0.15) is 0 Å². The van der Waals surface area contributed by atoms with E-state index in [4.69, 9.17) is 9.47 Å². The number of halogens is 1. The number of hydrogen-bond donors (Lipinski definition) is 1. The Hall–Kier alpha value is -2.60. The molecule has 0 aromatic heterocycles. The second kappa shape index (κ2) is 8.86. The second-order valence-electron chi connectivity index (χ2n) is 6.73. The normalized spacial score (nSPS) is 13.5. The summed E-state index contributed by atoms with van der Waals surface area (Å²) >= 11 is 0. The van der Waals surface area contributed by atoms with E-state index in [2.05, 4.69) is 10.2 Å². The molecular weight excluding hydrogens is 347 g/mol. The van der Waals surface area contributed by atoms with Crippen molar-refractivity contribution in [3.8, 4) is 11.5 Å². The van der Waals surface area contributed by atoms with Crippen LogP contribution in [-0.4, -0.2) is 37.6 Å². The molecule has 3 rings (SSSR count). The van der Waals surface area contributed by atoms with Crippen LogP contribution < -0.4 is 14.8 Å². The zero-order valence-corrected chi connectivity index (χ0v) is 15.7. The zero-order chi connectivity index (χ0) is 19.2. The van der Waals surface area contributed by atoms with Crippen molar-refractivity contribution in [3.63, 3.8) is 0 Å². The van der Waals surface area contributed by atoms with Crippen molar-refractivity contribution in [1.82, 2.24) is 10.2 Å². The minimum Gasteiger partial charge on any atom is -0.493 e. The van der Waals surface area contributed by atoms with E-state index < -0.39 is 0 Å². The van der Waals surface area contributed by atoms with Gasteiger partial charge in [0.25, 0.3) is 0 Å². The van der Waals surface area contributed by atoms with Crippen LogP contribution in [0.2, 0.25) is 0 Å². The summed E-state index contributed by atoms with van der Waals surface area (Å²) in [6.45, 7) is 1.40. The van der Waals surface area contributed by atoms with Crippen molar-refractivity contribution in [2.75, 3.05) is 20.8 Å². The molecule has 27 heavy (non-hydrogen) atoms. The molecule has 2 aromatic carbocycles. The van der Waals surface area contributed by atoms with Gasteiger partial charge in [-0.3, -0.25) is 9.69 Å². The maximum atomic E-state index is 13.1. The zero-order valence-electron chi connectivity index (χ0n) is 15.7. The molecule has 5 nitrogen and oxygen atoms in total. The van der Waals surface area contributed by atoms with Crippen LogP contribution in [0.15, 0.2) is 42.5 Å². The molecule has 2 aromatic rings. The van der Waals surface area contributed by atoms with Gasteiger partial charge in [0.05, 0.1) is 20.8 Å². The Morgan fingerprint density at radius 1 is 1.07 bits per heavy atom. The van der Waals surface area contributed by atoms with E-state index in [-0.39, 0.29) is 11.7 Å². The fourth-order valence-corrected chi connectivity index (χ4v) is 3.01. The number of benzene rings is 2. The average Bonchev–Trinajstić information content (AvgIpc) is 3.52. The Kier molecular flexibility index (Phi) is 6.29. The maximum absolute atomic E-state index is 13.1. The Bertz CT molecular complexity index is 775. The predicted octanol–water partition coefficient (Wildman–Crippen LogP) is 3.12. The highest BCUT2D eigenvalue weighted by Crippen LogP contribution is 2.29. The summed E-state index contributed by atoms with van der Waals surface area (Å²) in [5, 5.41) is 2.96. The number of ether oxygens (including phenoxy) is 2. The highest BCUT2D eigenvalue weighted by molar-refractivity contribution is 5.78. The van der Waals surface area contributed by atoms with E-state index in [1.807, 2.05) is 18.2 Å². The van der Waals surface area contributed by atoms with E-state index in [0.717, 1.165) is 24.0 Å². The smallest absolute Gasteiger partial charge is 0.234 e. The molecule has 0 saturated heterocycles. The van der Waals surface area contributed by atoms with Gasteiger partial charge < -0.3 is 14.8 Å². The highest BCUT2D eigenvalue weighted by Gasteiger charge is 2.30. The number of hydrogen-bond acceptors (Lipinski definition) is 4. The summed E-state index contributed by atoms with van der Waals surface area (Å²) in [5.41, 5.74) is 1.95. The lowest BCUT2D eigenvalue weighted by molar-refractivity contribution is -0.122. The van der Waals surface area contributed by atoms with E-state index in [0.29, 0.717) is 37.2 Å². The standard InChI is InChI=1S/C21H25FN2O3/c1-26-19-10-5-16(11-20(19)27-2)12-23-21(25)14-24(18-8-9-18)13-15-3-6-17(22)7-4-15/h3-7,10-11,18H,8-9,12-14H2,1-2H3,(H,23,25). The fraction of sp³-hybridized carbons (Fsp3) is 0.381. The molecule has 0 heterocycles. The Balaban J connectivity index is 1.54. The monoisotopic (exact) mass is 372 g/mol. The molecule has 1 aliphatic carbocycles. The first kappa shape index (κ1) is 19.2. The van der Waals surface area contributed by atoms with Crippen molar-refractivity contribution in [3.05, 3.63) is 59.4 Å². The number of rotatable bonds is 9. The summed E-state index contributed by atoms with van der Waals surface area (Å²) in [6, 6.07) is 12.5. The van der Waals surface area contributed by atoms with Crippen LogP contribution in [0.5, 0.6) is 11.5 Å². The van der Waals surface area contributed by atoms with Crippen LogP contribution in [-0.2, 0) is 17.9 Å². The molecule has 144 valence electrons. The summed E-state index contributed by atoms with van der Waals surface area (Å²) < 4.78 is 23.6. The van der Waals surface area contributed by atoms with Gasteiger partial charge in [-0.05, 0) is 48.2 Å². The number of methoxy groups -OCH3 is 2. The molecule has 1 aliphatic rings. The Morgan fingerprint density at radius 3 is 2.37 bits per heavy atom. The van der Waals surface area contributed by atoms with Crippen LogP contribution >= 0.6 is 0 Å². The van der Waals surface area contributed by atoms with Crippen molar-refractivity contribution < 1.29 is 18.7 Å². The number of nitrogens with one attached hydrogen (secondary N) is 1. The third kappa shape index (κ3) is 5.44. The summed E-state index contributed by atoms with van der Waals surface area (Å²) in [4.78, 5) is 14.6. The molecule has 0 atom stereocenters. The van der Waals surface area contributed by atoms with Gasteiger partial charge in [0, 0.05) is 19.1 Å². The minimum atomic E-state index is -0.246. The molecule has 1 N–H and O–H groups in total. The van der Waals surface area contributed by atoms with E-state index in [9.17, 15) is 9.18 Å². The van der Waals surface area contributed by atoms with Gasteiger partial charge in [0.15, 0.2) is 11.5 Å². The minimum absolute atomic E-state index is 0.0289. The van der Waals surface area contributed by atoms with Gasteiger partial charge in [-0.15, -0.1) is 0 Å². The molecule has 1 saturated carbocycles. The van der Waals surface area contributed by atoms with Crippen LogP contribution in [0, 0.1) is 5.82 Å². The molecule has 1 amide bonds. The van der Waals surface area contributed by atoms with Crippen LogP contribution in [0.4, 0.5) is 4.39 Å². The van der Waals surface area contributed by atoms with Gasteiger partial charge in [-0.1, -0.05) is 18.2 Å². The first-order valence-electron chi connectivity index (χ1n) is 9.05. The SMILES string of the molecule is COc1ccc(CNC(=O)CN(Cc2ccc(F)cc2)C2CC2)cc1OC. The van der Waals surface area contributed by atoms with Crippen LogP contribution in [0.3, 0.4) is 0 Å². The van der Waals surface area contributed by atoms with Crippen LogP contribution in [0.1, 0.15) is 24.0 Å². The predicted molar refractivity (Wildman–Crippen MR) is 101 cm³/mol. The Labute approximate surface area is 159 Å². The van der Waals surface area contributed by atoms with Gasteiger partial charge >= 0.3 is 0 Å². The molecule has 0 aliphatic heterocycles. The fourth-order valence-electron chi connectivity index (χ4n) is 3.01. The van der Waals surface area contributed by atoms with Crippen molar-refractivity contribution in [2.45, 2.75) is 32.0 Å². The summed E-state index contributed by atoms with van der Waals surface area (Å²) in [5.74, 6) is 1.02. The molecule has 0 unspecified atom stereocenters. The van der Waals surface area contributed by atoms with Gasteiger partial charge in [0.2, 0.25) is 5.91 Å². The molecule has 6 heteroatoms. The molecule has 0 bridgehead atoms. The summed E-state index contributed by atoms with van der Waals surface area (Å²) in [6.07, 6.45) is 2.20. The van der Waals surface area contributed by atoms with E-state index in [1.165, 1.54) is 12.1 Å².